The lowest BCUT2D eigenvalue weighted by Crippen LogP contribution is -2.29. The number of carbonyl (C=O) groups is 1. The van der Waals surface area contributed by atoms with Crippen molar-refractivity contribution in [3.8, 4) is 0 Å². The minimum atomic E-state index is -3.61. The Kier molecular flexibility index (Phi) is 5.48. The highest BCUT2D eigenvalue weighted by Crippen LogP contribution is 2.27. The molecular weight excluding hydrogens is 288 g/mol. The Balaban J connectivity index is 2.96. The number of sulfonamides is 1. The first-order valence-corrected chi connectivity index (χ1v) is 8.01. The maximum atomic E-state index is 12.3. The van der Waals surface area contributed by atoms with Gasteiger partial charge in [-0.3, -0.25) is 0 Å². The van der Waals surface area contributed by atoms with Crippen molar-refractivity contribution in [2.75, 3.05) is 27.2 Å². The first-order chi connectivity index (χ1) is 8.80. The zero-order valence-corrected chi connectivity index (χ0v) is 12.8. The molecule has 1 rings (SSSR count). The fourth-order valence-electron chi connectivity index (χ4n) is 1.59. The summed E-state index contributed by atoms with van der Waals surface area (Å²) in [4.78, 5) is 11.5. The Morgan fingerprint density at radius 3 is 2.63 bits per heavy atom. The van der Waals surface area contributed by atoms with E-state index in [1.54, 1.807) is 14.0 Å². The van der Waals surface area contributed by atoms with Crippen LogP contribution in [0.25, 0.3) is 0 Å². The molecule has 0 aromatic carbocycles. The van der Waals surface area contributed by atoms with Crippen molar-refractivity contribution >= 4 is 27.3 Å². The standard InChI is InChI=1S/C11H18N2O4S2/c1-8-10(7-9(18-8)11(14)15)19(16,17)13(3)6-4-5-12-2/h7,12H,4-6H2,1-3H3,(H,14,15). The molecule has 1 heterocycles. The van der Waals surface area contributed by atoms with Gasteiger partial charge < -0.3 is 10.4 Å². The Labute approximate surface area is 117 Å². The van der Waals surface area contributed by atoms with Crippen LogP contribution in [0.4, 0.5) is 0 Å². The van der Waals surface area contributed by atoms with Crippen LogP contribution in [0.3, 0.4) is 0 Å². The van der Waals surface area contributed by atoms with Crippen LogP contribution in [0.2, 0.25) is 0 Å². The topological polar surface area (TPSA) is 86.7 Å². The van der Waals surface area contributed by atoms with Gasteiger partial charge in [0.2, 0.25) is 10.0 Å². The number of hydrogen-bond acceptors (Lipinski definition) is 5. The van der Waals surface area contributed by atoms with E-state index in [1.165, 1.54) is 17.4 Å². The molecule has 108 valence electrons. The zero-order valence-electron chi connectivity index (χ0n) is 11.1. The van der Waals surface area contributed by atoms with E-state index in [-0.39, 0.29) is 9.77 Å². The summed E-state index contributed by atoms with van der Waals surface area (Å²) >= 11 is 0.977. The van der Waals surface area contributed by atoms with E-state index >= 15 is 0 Å². The van der Waals surface area contributed by atoms with Crippen molar-refractivity contribution in [3.63, 3.8) is 0 Å². The molecule has 6 nitrogen and oxygen atoms in total. The monoisotopic (exact) mass is 306 g/mol. The lowest BCUT2D eigenvalue weighted by molar-refractivity contribution is 0.0702. The SMILES string of the molecule is CNCCCN(C)S(=O)(=O)c1cc(C(=O)O)sc1C. The van der Waals surface area contributed by atoms with E-state index in [2.05, 4.69) is 5.32 Å². The minimum absolute atomic E-state index is 0.0414. The van der Waals surface area contributed by atoms with Crippen molar-refractivity contribution < 1.29 is 18.3 Å². The molecule has 1 aromatic heterocycles. The molecule has 0 amide bonds. The van der Waals surface area contributed by atoms with Gasteiger partial charge in [-0.15, -0.1) is 11.3 Å². The van der Waals surface area contributed by atoms with E-state index in [0.29, 0.717) is 17.8 Å². The molecule has 0 aliphatic heterocycles. The lowest BCUT2D eigenvalue weighted by Gasteiger charge is -2.16. The molecular formula is C11H18N2O4S2. The van der Waals surface area contributed by atoms with Gasteiger partial charge in [0.25, 0.3) is 0 Å². The number of rotatable bonds is 7. The van der Waals surface area contributed by atoms with Crippen molar-refractivity contribution in [2.24, 2.45) is 0 Å². The third kappa shape index (κ3) is 3.75. The van der Waals surface area contributed by atoms with E-state index in [9.17, 15) is 13.2 Å². The van der Waals surface area contributed by atoms with E-state index in [0.717, 1.165) is 17.9 Å². The number of aromatic carboxylic acids is 1. The predicted octanol–water partition coefficient (Wildman–Crippen LogP) is 0.985. The third-order valence-corrected chi connectivity index (χ3v) is 5.82. The third-order valence-electron chi connectivity index (χ3n) is 2.67. The summed E-state index contributed by atoms with van der Waals surface area (Å²) in [7, 11) is -0.305. The summed E-state index contributed by atoms with van der Waals surface area (Å²) in [6.45, 7) is 2.73. The van der Waals surface area contributed by atoms with Crippen molar-refractivity contribution in [1.82, 2.24) is 9.62 Å². The second kappa shape index (κ2) is 6.47. The minimum Gasteiger partial charge on any atom is -0.477 e. The number of carboxylic acids is 1. The highest BCUT2D eigenvalue weighted by atomic mass is 32.2. The molecule has 0 saturated heterocycles. The predicted molar refractivity (Wildman–Crippen MR) is 74.4 cm³/mol. The van der Waals surface area contributed by atoms with E-state index in [4.69, 9.17) is 5.11 Å². The van der Waals surface area contributed by atoms with Gasteiger partial charge in [-0.05, 0) is 33.0 Å². The van der Waals surface area contributed by atoms with Gasteiger partial charge in [0.05, 0.1) is 4.90 Å². The fourth-order valence-corrected chi connectivity index (χ4v) is 4.20. The number of hydrogen-bond donors (Lipinski definition) is 2. The van der Waals surface area contributed by atoms with Crippen LogP contribution >= 0.6 is 11.3 Å². The number of aryl methyl sites for hydroxylation is 1. The van der Waals surface area contributed by atoms with Crippen molar-refractivity contribution in [2.45, 2.75) is 18.2 Å². The number of carboxylic acid groups (broad SMARTS) is 1. The van der Waals surface area contributed by atoms with Crippen molar-refractivity contribution in [1.29, 1.82) is 0 Å². The second-order valence-electron chi connectivity index (χ2n) is 4.12. The first-order valence-electron chi connectivity index (χ1n) is 5.75. The highest BCUT2D eigenvalue weighted by molar-refractivity contribution is 7.89. The van der Waals surface area contributed by atoms with Crippen LogP contribution in [-0.2, 0) is 10.0 Å². The summed E-state index contributed by atoms with van der Waals surface area (Å²) in [6, 6.07) is 1.23. The Morgan fingerprint density at radius 2 is 2.16 bits per heavy atom. The first kappa shape index (κ1) is 16.1. The molecule has 0 bridgehead atoms. The lowest BCUT2D eigenvalue weighted by atomic mass is 10.4. The summed E-state index contributed by atoms with van der Waals surface area (Å²) in [6.07, 6.45) is 0.696. The van der Waals surface area contributed by atoms with Gasteiger partial charge in [-0.2, -0.15) is 0 Å². The number of thiophene rings is 1. The van der Waals surface area contributed by atoms with Crippen LogP contribution in [0.1, 0.15) is 21.0 Å². The molecule has 1 aromatic rings. The molecule has 0 saturated carbocycles. The van der Waals surface area contributed by atoms with Crippen LogP contribution in [-0.4, -0.2) is 51.0 Å². The summed E-state index contributed by atoms with van der Waals surface area (Å²) in [5, 5.41) is 11.8. The molecule has 0 atom stereocenters. The van der Waals surface area contributed by atoms with Crippen LogP contribution in [0.5, 0.6) is 0 Å². The average Bonchev–Trinajstić information content (AvgIpc) is 2.72. The van der Waals surface area contributed by atoms with Gasteiger partial charge in [0, 0.05) is 18.5 Å². The fraction of sp³-hybridized carbons (Fsp3) is 0.545. The normalized spacial score (nSPS) is 12.0. The van der Waals surface area contributed by atoms with Crippen molar-refractivity contribution in [3.05, 3.63) is 15.8 Å². The molecule has 0 aliphatic rings. The summed E-state index contributed by atoms with van der Waals surface area (Å²) in [5.74, 6) is -1.10. The Bertz CT molecular complexity index is 551. The van der Waals surface area contributed by atoms with Crippen LogP contribution < -0.4 is 5.32 Å². The summed E-state index contributed by atoms with van der Waals surface area (Å²) < 4.78 is 25.9. The zero-order chi connectivity index (χ0) is 14.6. The molecule has 0 fully saturated rings. The average molecular weight is 306 g/mol. The maximum absolute atomic E-state index is 12.3. The Hall–Kier alpha value is -0.960. The molecule has 2 N–H and O–H groups in total. The largest absolute Gasteiger partial charge is 0.477 e. The molecule has 19 heavy (non-hydrogen) atoms. The number of nitrogens with zero attached hydrogens (tertiary/aromatic N) is 1. The smallest absolute Gasteiger partial charge is 0.345 e. The summed E-state index contributed by atoms with van der Waals surface area (Å²) in [5.41, 5.74) is 0. The van der Waals surface area contributed by atoms with Crippen LogP contribution in [0.15, 0.2) is 11.0 Å². The Morgan fingerprint density at radius 1 is 1.53 bits per heavy atom. The quantitative estimate of drug-likeness (QED) is 0.734. The van der Waals surface area contributed by atoms with Gasteiger partial charge in [0.15, 0.2) is 0 Å². The van der Waals surface area contributed by atoms with E-state index in [1.807, 2.05) is 0 Å². The van der Waals surface area contributed by atoms with Gasteiger partial charge in [-0.25, -0.2) is 17.5 Å². The molecule has 0 aliphatic carbocycles. The number of nitrogens with one attached hydrogen (secondary N) is 1. The van der Waals surface area contributed by atoms with Gasteiger partial charge >= 0.3 is 5.97 Å². The molecule has 0 radical (unpaired) electrons. The second-order valence-corrected chi connectivity index (χ2v) is 7.39. The van der Waals surface area contributed by atoms with Gasteiger partial charge in [-0.1, -0.05) is 0 Å². The maximum Gasteiger partial charge on any atom is 0.345 e. The van der Waals surface area contributed by atoms with Gasteiger partial charge in [0.1, 0.15) is 4.88 Å². The molecule has 0 spiro atoms. The van der Waals surface area contributed by atoms with Crippen LogP contribution in [0, 0.1) is 6.92 Å². The van der Waals surface area contributed by atoms with E-state index < -0.39 is 16.0 Å². The molecule has 0 unspecified atom stereocenters. The highest BCUT2D eigenvalue weighted by Gasteiger charge is 2.25. The molecule has 8 heteroatoms.